The molecule has 1 atom stereocenters. The fourth-order valence-electron chi connectivity index (χ4n) is 2.68. The lowest BCUT2D eigenvalue weighted by Gasteiger charge is -2.22. The molecule has 0 unspecified atom stereocenters. The van der Waals surface area contributed by atoms with Gasteiger partial charge in [-0.05, 0) is 37.1 Å². The number of hydrogen-bond acceptors (Lipinski definition) is 2. The standard InChI is InChI=1S/C17H17NOS/c1-13-11-14-7-5-6-10-16(14)18(13)17(19)12-20-15-8-3-2-4-9-15/h2-10,13H,11-12H2,1H3/t13-/m1/s1. The molecule has 0 N–H and O–H groups in total. The molecule has 3 rings (SSSR count). The van der Waals surface area contributed by atoms with Gasteiger partial charge < -0.3 is 4.90 Å². The van der Waals surface area contributed by atoms with E-state index >= 15 is 0 Å². The first kappa shape index (κ1) is 13.3. The maximum atomic E-state index is 12.5. The summed E-state index contributed by atoms with van der Waals surface area (Å²) in [4.78, 5) is 15.6. The van der Waals surface area contributed by atoms with Gasteiger partial charge in [0.05, 0.1) is 5.75 Å². The van der Waals surface area contributed by atoms with Crippen LogP contribution in [-0.4, -0.2) is 17.7 Å². The Kier molecular flexibility index (Phi) is 3.79. The highest BCUT2D eigenvalue weighted by Crippen LogP contribution is 2.32. The van der Waals surface area contributed by atoms with Gasteiger partial charge in [0.2, 0.25) is 5.91 Å². The number of carbonyl (C=O) groups excluding carboxylic acids is 1. The minimum atomic E-state index is 0.191. The Hall–Kier alpha value is -1.74. The Labute approximate surface area is 123 Å². The van der Waals surface area contributed by atoms with Gasteiger partial charge in [0.1, 0.15) is 0 Å². The Morgan fingerprint density at radius 2 is 1.85 bits per heavy atom. The number of fused-ring (bicyclic) bond motifs is 1. The number of anilines is 1. The summed E-state index contributed by atoms with van der Waals surface area (Å²) in [7, 11) is 0. The van der Waals surface area contributed by atoms with E-state index in [1.165, 1.54) is 5.56 Å². The summed E-state index contributed by atoms with van der Waals surface area (Å²) >= 11 is 1.60. The van der Waals surface area contributed by atoms with Gasteiger partial charge in [-0.2, -0.15) is 0 Å². The van der Waals surface area contributed by atoms with E-state index in [1.807, 2.05) is 53.4 Å². The molecule has 0 spiro atoms. The van der Waals surface area contributed by atoms with Crippen molar-refractivity contribution < 1.29 is 4.79 Å². The SMILES string of the molecule is C[C@@H]1Cc2ccccc2N1C(=O)CSc1ccccc1. The van der Waals surface area contributed by atoms with E-state index in [4.69, 9.17) is 0 Å². The third kappa shape index (κ3) is 2.59. The molecule has 102 valence electrons. The number of amides is 1. The van der Waals surface area contributed by atoms with E-state index in [0.717, 1.165) is 17.0 Å². The topological polar surface area (TPSA) is 20.3 Å². The van der Waals surface area contributed by atoms with Crippen LogP contribution in [0, 0.1) is 0 Å². The van der Waals surface area contributed by atoms with Crippen LogP contribution in [0.4, 0.5) is 5.69 Å². The minimum absolute atomic E-state index is 0.191. The van der Waals surface area contributed by atoms with Crippen LogP contribution >= 0.6 is 11.8 Å². The molecule has 0 fully saturated rings. The molecule has 0 saturated carbocycles. The molecular weight excluding hydrogens is 266 g/mol. The molecule has 3 heteroatoms. The van der Waals surface area contributed by atoms with Crippen molar-refractivity contribution in [1.82, 2.24) is 0 Å². The van der Waals surface area contributed by atoms with Crippen molar-refractivity contribution in [2.75, 3.05) is 10.7 Å². The van der Waals surface area contributed by atoms with E-state index in [1.54, 1.807) is 11.8 Å². The van der Waals surface area contributed by atoms with Crippen LogP contribution in [0.1, 0.15) is 12.5 Å². The largest absolute Gasteiger partial charge is 0.308 e. The monoisotopic (exact) mass is 283 g/mol. The van der Waals surface area contributed by atoms with Gasteiger partial charge in [0, 0.05) is 16.6 Å². The van der Waals surface area contributed by atoms with Crippen LogP contribution in [0.25, 0.3) is 0 Å². The quantitative estimate of drug-likeness (QED) is 0.799. The van der Waals surface area contributed by atoms with Gasteiger partial charge in [-0.3, -0.25) is 4.79 Å². The molecule has 1 aliphatic heterocycles. The molecule has 20 heavy (non-hydrogen) atoms. The Morgan fingerprint density at radius 1 is 1.15 bits per heavy atom. The molecule has 2 aromatic rings. The summed E-state index contributed by atoms with van der Waals surface area (Å²) in [6.45, 7) is 2.12. The second kappa shape index (κ2) is 5.71. The highest BCUT2D eigenvalue weighted by atomic mass is 32.2. The molecule has 0 radical (unpaired) electrons. The van der Waals surface area contributed by atoms with E-state index in [-0.39, 0.29) is 11.9 Å². The fraction of sp³-hybridized carbons (Fsp3) is 0.235. The predicted octanol–water partition coefficient (Wildman–Crippen LogP) is 3.76. The molecule has 1 amide bonds. The molecule has 0 aliphatic carbocycles. The maximum absolute atomic E-state index is 12.5. The molecule has 2 nitrogen and oxygen atoms in total. The lowest BCUT2D eigenvalue weighted by atomic mass is 10.1. The van der Waals surface area contributed by atoms with Crippen LogP contribution in [0.2, 0.25) is 0 Å². The van der Waals surface area contributed by atoms with Gasteiger partial charge in [-0.1, -0.05) is 36.4 Å². The zero-order chi connectivity index (χ0) is 13.9. The van der Waals surface area contributed by atoms with Crippen molar-refractivity contribution in [3.63, 3.8) is 0 Å². The summed E-state index contributed by atoms with van der Waals surface area (Å²) < 4.78 is 0. The highest BCUT2D eigenvalue weighted by Gasteiger charge is 2.30. The first-order valence-corrected chi connectivity index (χ1v) is 7.82. The van der Waals surface area contributed by atoms with Gasteiger partial charge in [0.25, 0.3) is 0 Å². The number of benzene rings is 2. The van der Waals surface area contributed by atoms with Crippen LogP contribution in [0.3, 0.4) is 0 Å². The summed E-state index contributed by atoms with van der Waals surface area (Å²) in [6.07, 6.45) is 0.956. The zero-order valence-electron chi connectivity index (χ0n) is 11.5. The fourth-order valence-corrected chi connectivity index (χ4v) is 3.46. The first-order chi connectivity index (χ1) is 9.75. The van der Waals surface area contributed by atoms with Crippen molar-refractivity contribution in [1.29, 1.82) is 0 Å². The maximum Gasteiger partial charge on any atom is 0.237 e. The van der Waals surface area contributed by atoms with Gasteiger partial charge in [-0.15, -0.1) is 11.8 Å². The van der Waals surface area contributed by atoms with E-state index in [2.05, 4.69) is 13.0 Å². The predicted molar refractivity (Wildman–Crippen MR) is 84.3 cm³/mol. The smallest absolute Gasteiger partial charge is 0.237 e. The number of thioether (sulfide) groups is 1. The van der Waals surface area contributed by atoms with Crippen molar-refractivity contribution in [2.24, 2.45) is 0 Å². The number of para-hydroxylation sites is 1. The van der Waals surface area contributed by atoms with Crippen molar-refractivity contribution in [3.8, 4) is 0 Å². The molecular formula is C17H17NOS. The average Bonchev–Trinajstić information content (AvgIpc) is 2.82. The lowest BCUT2D eigenvalue weighted by Crippen LogP contribution is -2.36. The third-order valence-corrected chi connectivity index (χ3v) is 4.58. The Balaban J connectivity index is 1.71. The second-order valence-electron chi connectivity index (χ2n) is 5.05. The van der Waals surface area contributed by atoms with E-state index in [9.17, 15) is 4.79 Å². The summed E-state index contributed by atoms with van der Waals surface area (Å²) in [5.41, 5.74) is 2.36. The van der Waals surface area contributed by atoms with Crippen molar-refractivity contribution in [3.05, 3.63) is 60.2 Å². The lowest BCUT2D eigenvalue weighted by molar-refractivity contribution is -0.116. The van der Waals surface area contributed by atoms with Crippen LogP contribution in [-0.2, 0) is 11.2 Å². The first-order valence-electron chi connectivity index (χ1n) is 6.83. The summed E-state index contributed by atoms with van der Waals surface area (Å²) in [5, 5.41) is 0. The number of nitrogens with zero attached hydrogens (tertiary/aromatic N) is 1. The van der Waals surface area contributed by atoms with E-state index in [0.29, 0.717) is 5.75 Å². The van der Waals surface area contributed by atoms with Gasteiger partial charge >= 0.3 is 0 Å². The van der Waals surface area contributed by atoms with Crippen LogP contribution in [0.5, 0.6) is 0 Å². The van der Waals surface area contributed by atoms with Gasteiger partial charge in [0.15, 0.2) is 0 Å². The van der Waals surface area contributed by atoms with Crippen molar-refractivity contribution in [2.45, 2.75) is 24.3 Å². The van der Waals surface area contributed by atoms with Crippen LogP contribution in [0.15, 0.2) is 59.5 Å². The van der Waals surface area contributed by atoms with Crippen LogP contribution < -0.4 is 4.90 Å². The minimum Gasteiger partial charge on any atom is -0.308 e. The number of rotatable bonds is 3. The van der Waals surface area contributed by atoms with Gasteiger partial charge in [-0.25, -0.2) is 0 Å². The van der Waals surface area contributed by atoms with Crippen molar-refractivity contribution >= 4 is 23.4 Å². The number of carbonyl (C=O) groups is 1. The second-order valence-corrected chi connectivity index (χ2v) is 6.10. The Bertz CT molecular complexity index is 611. The number of hydrogen-bond donors (Lipinski definition) is 0. The molecule has 1 heterocycles. The zero-order valence-corrected chi connectivity index (χ0v) is 12.3. The highest BCUT2D eigenvalue weighted by molar-refractivity contribution is 8.00. The molecule has 2 aromatic carbocycles. The third-order valence-electron chi connectivity index (χ3n) is 3.58. The average molecular weight is 283 g/mol. The summed E-state index contributed by atoms with van der Waals surface area (Å²) in [6, 6.07) is 18.5. The molecule has 1 aliphatic rings. The normalized spacial score (nSPS) is 17.1. The summed E-state index contributed by atoms with van der Waals surface area (Å²) in [5.74, 6) is 0.680. The Morgan fingerprint density at radius 3 is 2.65 bits per heavy atom. The van der Waals surface area contributed by atoms with E-state index < -0.39 is 0 Å². The molecule has 0 bridgehead atoms. The molecule has 0 saturated heterocycles. The molecule has 0 aromatic heterocycles.